The van der Waals surface area contributed by atoms with Gasteiger partial charge in [-0.15, -0.1) is 0 Å². The minimum absolute atomic E-state index is 0.408. The first-order valence-electron chi connectivity index (χ1n) is 6.35. The van der Waals surface area contributed by atoms with E-state index in [2.05, 4.69) is 40.1 Å². The molecule has 0 radical (unpaired) electrons. The molecule has 0 fully saturated rings. The predicted molar refractivity (Wildman–Crippen MR) is 85.4 cm³/mol. The topological polar surface area (TPSA) is 34.2 Å². The third-order valence-corrected chi connectivity index (χ3v) is 3.49. The lowest BCUT2D eigenvalue weighted by Crippen LogP contribution is -2.22. The molecule has 0 spiro atoms. The largest absolute Gasteiger partial charge is 0.454 e. The smallest absolute Gasteiger partial charge is 0.150 e. The number of hydrogen-bond donors (Lipinski definition) is 1. The van der Waals surface area contributed by atoms with Crippen molar-refractivity contribution >= 4 is 27.5 Å². The van der Waals surface area contributed by atoms with Gasteiger partial charge in [-0.05, 0) is 24.3 Å². The van der Waals surface area contributed by atoms with Gasteiger partial charge in [0.15, 0.2) is 0 Å². The first kappa shape index (κ1) is 15.3. The van der Waals surface area contributed by atoms with Crippen LogP contribution in [0.1, 0.15) is 19.4 Å². The SMILES string of the molecule is CC(C)NCc1ccncc1Oc1cc(Br)ccc1Cl. The lowest BCUT2D eigenvalue weighted by molar-refractivity contribution is 0.467. The molecule has 5 heteroatoms. The van der Waals surface area contributed by atoms with E-state index in [1.165, 1.54) is 0 Å². The summed E-state index contributed by atoms with van der Waals surface area (Å²) in [6.45, 7) is 4.93. The van der Waals surface area contributed by atoms with E-state index >= 15 is 0 Å². The molecule has 1 N–H and O–H groups in total. The van der Waals surface area contributed by atoms with Crippen LogP contribution in [0, 0.1) is 0 Å². The number of rotatable bonds is 5. The van der Waals surface area contributed by atoms with Gasteiger partial charge in [0.25, 0.3) is 0 Å². The molecule has 0 unspecified atom stereocenters. The van der Waals surface area contributed by atoms with Crippen molar-refractivity contribution in [1.29, 1.82) is 0 Å². The average molecular weight is 356 g/mol. The molecule has 0 atom stereocenters. The van der Waals surface area contributed by atoms with Crippen LogP contribution in [-0.4, -0.2) is 11.0 Å². The van der Waals surface area contributed by atoms with Gasteiger partial charge < -0.3 is 10.1 Å². The third kappa shape index (κ3) is 4.20. The van der Waals surface area contributed by atoms with Crippen LogP contribution in [0.4, 0.5) is 0 Å². The number of aromatic nitrogens is 1. The summed E-state index contributed by atoms with van der Waals surface area (Å²) in [6.07, 6.45) is 3.46. The molecular formula is C15H16BrClN2O. The predicted octanol–water partition coefficient (Wildman–Crippen LogP) is 4.79. The Labute approximate surface area is 132 Å². The molecule has 0 aliphatic carbocycles. The average Bonchev–Trinajstić information content (AvgIpc) is 2.42. The molecule has 106 valence electrons. The van der Waals surface area contributed by atoms with Gasteiger partial charge in [0, 0.05) is 28.8 Å². The molecule has 0 aliphatic rings. The van der Waals surface area contributed by atoms with Crippen LogP contribution in [-0.2, 0) is 6.54 Å². The molecule has 0 saturated heterocycles. The van der Waals surface area contributed by atoms with Gasteiger partial charge >= 0.3 is 0 Å². The van der Waals surface area contributed by atoms with Crippen molar-refractivity contribution in [3.05, 3.63) is 51.7 Å². The summed E-state index contributed by atoms with van der Waals surface area (Å²) in [5.74, 6) is 1.32. The zero-order valence-corrected chi connectivity index (χ0v) is 13.7. The first-order chi connectivity index (χ1) is 9.56. The Morgan fingerprint density at radius 3 is 2.85 bits per heavy atom. The second kappa shape index (κ2) is 7.07. The molecular weight excluding hydrogens is 340 g/mol. The summed E-state index contributed by atoms with van der Waals surface area (Å²) in [7, 11) is 0. The standard InChI is InChI=1S/C15H16BrClN2O/c1-10(2)19-8-11-5-6-18-9-15(11)20-14-7-12(16)3-4-13(14)17/h3-7,9-10,19H,8H2,1-2H3. The number of hydrogen-bond acceptors (Lipinski definition) is 3. The molecule has 0 bridgehead atoms. The number of ether oxygens (including phenoxy) is 1. The minimum atomic E-state index is 0.408. The lowest BCUT2D eigenvalue weighted by Gasteiger charge is -2.13. The summed E-state index contributed by atoms with van der Waals surface area (Å²) in [5.41, 5.74) is 1.05. The molecule has 0 aliphatic heterocycles. The monoisotopic (exact) mass is 354 g/mol. The Bertz CT molecular complexity index is 590. The third-order valence-electron chi connectivity index (χ3n) is 2.68. The fourth-order valence-corrected chi connectivity index (χ4v) is 2.13. The molecule has 2 rings (SSSR count). The summed E-state index contributed by atoms with van der Waals surface area (Å²) in [6, 6.07) is 7.86. The zero-order chi connectivity index (χ0) is 14.5. The second-order valence-corrected chi connectivity index (χ2v) is 6.02. The molecule has 0 saturated carbocycles. The number of pyridine rings is 1. The molecule has 0 amide bonds. The van der Waals surface area contributed by atoms with E-state index in [9.17, 15) is 0 Å². The molecule has 1 aromatic heterocycles. The Balaban J connectivity index is 2.22. The Hall–Kier alpha value is -1.10. The quantitative estimate of drug-likeness (QED) is 0.837. The van der Waals surface area contributed by atoms with Crippen molar-refractivity contribution in [3.63, 3.8) is 0 Å². The van der Waals surface area contributed by atoms with Crippen molar-refractivity contribution in [3.8, 4) is 11.5 Å². The van der Waals surface area contributed by atoms with Crippen molar-refractivity contribution < 1.29 is 4.74 Å². The van der Waals surface area contributed by atoms with Gasteiger partial charge in [-0.3, -0.25) is 4.98 Å². The van der Waals surface area contributed by atoms with Crippen LogP contribution in [0.3, 0.4) is 0 Å². The van der Waals surface area contributed by atoms with Crippen LogP contribution < -0.4 is 10.1 Å². The highest BCUT2D eigenvalue weighted by atomic mass is 79.9. The number of nitrogens with zero attached hydrogens (tertiary/aromatic N) is 1. The Kier molecular flexibility index (Phi) is 5.40. The van der Waals surface area contributed by atoms with Crippen molar-refractivity contribution in [2.45, 2.75) is 26.4 Å². The van der Waals surface area contributed by atoms with Gasteiger partial charge in [-0.25, -0.2) is 0 Å². The van der Waals surface area contributed by atoms with E-state index in [1.807, 2.05) is 18.2 Å². The Morgan fingerprint density at radius 2 is 2.10 bits per heavy atom. The highest BCUT2D eigenvalue weighted by Crippen LogP contribution is 2.33. The number of halogens is 2. The minimum Gasteiger partial charge on any atom is -0.454 e. The van der Waals surface area contributed by atoms with Gasteiger partial charge in [0.1, 0.15) is 11.5 Å². The van der Waals surface area contributed by atoms with Gasteiger partial charge in [0.2, 0.25) is 0 Å². The van der Waals surface area contributed by atoms with Crippen LogP contribution >= 0.6 is 27.5 Å². The molecule has 20 heavy (non-hydrogen) atoms. The van der Waals surface area contributed by atoms with E-state index in [4.69, 9.17) is 16.3 Å². The maximum Gasteiger partial charge on any atom is 0.150 e. The maximum atomic E-state index is 6.14. The van der Waals surface area contributed by atoms with Crippen LogP contribution in [0.25, 0.3) is 0 Å². The van der Waals surface area contributed by atoms with Crippen molar-refractivity contribution in [1.82, 2.24) is 10.3 Å². The van der Waals surface area contributed by atoms with Gasteiger partial charge in [-0.2, -0.15) is 0 Å². The normalized spacial score (nSPS) is 10.8. The van der Waals surface area contributed by atoms with Crippen LogP contribution in [0.5, 0.6) is 11.5 Å². The summed E-state index contributed by atoms with van der Waals surface area (Å²) < 4.78 is 6.81. The van der Waals surface area contributed by atoms with Crippen LogP contribution in [0.15, 0.2) is 41.1 Å². The summed E-state index contributed by atoms with van der Waals surface area (Å²) in [4.78, 5) is 4.11. The lowest BCUT2D eigenvalue weighted by atomic mass is 10.2. The maximum absolute atomic E-state index is 6.14. The summed E-state index contributed by atoms with van der Waals surface area (Å²) >= 11 is 9.56. The van der Waals surface area contributed by atoms with E-state index < -0.39 is 0 Å². The van der Waals surface area contributed by atoms with E-state index in [1.54, 1.807) is 18.5 Å². The van der Waals surface area contributed by atoms with E-state index in [0.717, 1.165) is 16.6 Å². The second-order valence-electron chi connectivity index (χ2n) is 4.70. The zero-order valence-electron chi connectivity index (χ0n) is 11.4. The number of benzene rings is 1. The molecule has 2 aromatic rings. The van der Waals surface area contributed by atoms with Gasteiger partial charge in [-0.1, -0.05) is 41.4 Å². The Morgan fingerprint density at radius 1 is 1.30 bits per heavy atom. The van der Waals surface area contributed by atoms with E-state index in [-0.39, 0.29) is 0 Å². The fourth-order valence-electron chi connectivity index (χ4n) is 1.63. The molecule has 3 nitrogen and oxygen atoms in total. The van der Waals surface area contributed by atoms with Gasteiger partial charge in [0.05, 0.1) is 11.2 Å². The summed E-state index contributed by atoms with van der Waals surface area (Å²) in [5, 5.41) is 3.93. The fraction of sp³-hybridized carbons (Fsp3) is 0.267. The number of nitrogens with one attached hydrogen (secondary N) is 1. The molecule has 1 heterocycles. The van der Waals surface area contributed by atoms with Crippen molar-refractivity contribution in [2.24, 2.45) is 0 Å². The van der Waals surface area contributed by atoms with E-state index in [0.29, 0.717) is 22.6 Å². The van der Waals surface area contributed by atoms with Crippen molar-refractivity contribution in [2.75, 3.05) is 0 Å². The highest BCUT2D eigenvalue weighted by molar-refractivity contribution is 9.10. The highest BCUT2D eigenvalue weighted by Gasteiger charge is 2.09. The van der Waals surface area contributed by atoms with Crippen LogP contribution in [0.2, 0.25) is 5.02 Å². The molecule has 1 aromatic carbocycles. The first-order valence-corrected chi connectivity index (χ1v) is 7.52.